The maximum absolute atomic E-state index is 11.7. The maximum Gasteiger partial charge on any atom is 0.307 e. The highest BCUT2D eigenvalue weighted by Gasteiger charge is 2.59. The Balaban J connectivity index is 1.66. The normalized spacial score (nSPS) is 52.1. The molecule has 4 aliphatic rings. The molecule has 0 aromatic carbocycles. The van der Waals surface area contributed by atoms with E-state index >= 15 is 0 Å². The van der Waals surface area contributed by atoms with Gasteiger partial charge < -0.3 is 10.2 Å². The summed E-state index contributed by atoms with van der Waals surface area (Å²) in [6, 6.07) is 0. The lowest BCUT2D eigenvalue weighted by molar-refractivity contribution is -0.148. The van der Waals surface area contributed by atoms with Crippen LogP contribution in [0.2, 0.25) is 0 Å². The largest absolute Gasteiger partial charge is 0.481 e. The van der Waals surface area contributed by atoms with Gasteiger partial charge in [-0.05, 0) is 80.0 Å². The molecule has 4 aliphatic carbocycles. The molecule has 3 nitrogen and oxygen atoms in total. The highest BCUT2D eigenvalue weighted by atomic mass is 16.4. The van der Waals surface area contributed by atoms with Crippen LogP contribution in [0.15, 0.2) is 11.6 Å². The second-order valence-electron chi connectivity index (χ2n) is 9.17. The van der Waals surface area contributed by atoms with Crippen LogP contribution in [-0.2, 0) is 4.79 Å². The van der Waals surface area contributed by atoms with E-state index in [-0.39, 0.29) is 22.9 Å². The molecule has 3 unspecified atom stereocenters. The first-order valence-electron chi connectivity index (χ1n) is 9.46. The molecule has 0 spiro atoms. The minimum Gasteiger partial charge on any atom is -0.481 e. The Morgan fingerprint density at radius 1 is 1.13 bits per heavy atom. The Morgan fingerprint density at radius 2 is 1.91 bits per heavy atom. The third kappa shape index (κ3) is 2.08. The zero-order chi connectivity index (χ0) is 16.4. The van der Waals surface area contributed by atoms with Crippen LogP contribution in [0, 0.1) is 34.5 Å². The quantitative estimate of drug-likeness (QED) is 0.718. The number of fused-ring (bicyclic) bond motifs is 5. The van der Waals surface area contributed by atoms with Gasteiger partial charge in [0.2, 0.25) is 0 Å². The molecule has 7 atom stereocenters. The highest BCUT2D eigenvalue weighted by Crippen LogP contribution is 2.66. The Labute approximate surface area is 139 Å². The molecule has 0 aliphatic heterocycles. The van der Waals surface area contributed by atoms with E-state index in [2.05, 4.69) is 19.9 Å². The monoisotopic (exact) mass is 318 g/mol. The van der Waals surface area contributed by atoms with E-state index in [1.54, 1.807) is 0 Å². The van der Waals surface area contributed by atoms with Crippen LogP contribution in [0.25, 0.3) is 0 Å². The van der Waals surface area contributed by atoms with Gasteiger partial charge in [0.15, 0.2) is 0 Å². The van der Waals surface area contributed by atoms with Crippen LogP contribution in [-0.4, -0.2) is 22.3 Å². The molecule has 128 valence electrons. The summed E-state index contributed by atoms with van der Waals surface area (Å²) in [5, 5.41) is 19.7. The van der Waals surface area contributed by atoms with Gasteiger partial charge in [-0.3, -0.25) is 4.79 Å². The fourth-order valence-electron chi connectivity index (χ4n) is 7.05. The minimum atomic E-state index is -0.576. The lowest BCUT2D eigenvalue weighted by atomic mass is 9.47. The maximum atomic E-state index is 11.7. The SMILES string of the molecule is C[C@]12CC[C@H](O)CC1=CCC1C2CC[C@@]2(C)C1CC[C@@H]2C(=O)O. The number of carbonyl (C=O) groups is 1. The summed E-state index contributed by atoms with van der Waals surface area (Å²) in [4.78, 5) is 11.7. The summed E-state index contributed by atoms with van der Waals surface area (Å²) in [5.41, 5.74) is 1.75. The second-order valence-corrected chi connectivity index (χ2v) is 9.17. The highest BCUT2D eigenvalue weighted by molar-refractivity contribution is 5.71. The third-order valence-corrected chi connectivity index (χ3v) is 8.38. The van der Waals surface area contributed by atoms with Gasteiger partial charge in [0.1, 0.15) is 0 Å². The van der Waals surface area contributed by atoms with E-state index in [0.717, 1.165) is 44.9 Å². The average Bonchev–Trinajstić information content (AvgIpc) is 2.85. The van der Waals surface area contributed by atoms with Crippen molar-refractivity contribution >= 4 is 5.97 Å². The molecule has 0 amide bonds. The third-order valence-electron chi connectivity index (χ3n) is 8.38. The summed E-state index contributed by atoms with van der Waals surface area (Å²) in [5.74, 6) is 1.21. The fourth-order valence-corrected chi connectivity index (χ4v) is 7.05. The van der Waals surface area contributed by atoms with Crippen molar-refractivity contribution in [1.82, 2.24) is 0 Å². The van der Waals surface area contributed by atoms with Crippen molar-refractivity contribution in [3.8, 4) is 0 Å². The Kier molecular flexibility index (Phi) is 3.46. The number of allylic oxidation sites excluding steroid dienone is 1. The first-order valence-corrected chi connectivity index (χ1v) is 9.46. The van der Waals surface area contributed by atoms with Crippen molar-refractivity contribution in [2.45, 2.75) is 71.3 Å². The van der Waals surface area contributed by atoms with E-state index in [0.29, 0.717) is 17.8 Å². The number of rotatable bonds is 1. The fraction of sp³-hybridized carbons (Fsp3) is 0.850. The van der Waals surface area contributed by atoms with Crippen molar-refractivity contribution in [3.63, 3.8) is 0 Å². The summed E-state index contributed by atoms with van der Waals surface area (Å²) < 4.78 is 0. The van der Waals surface area contributed by atoms with E-state index in [1.807, 2.05) is 0 Å². The summed E-state index contributed by atoms with van der Waals surface area (Å²) in [6.45, 7) is 4.68. The van der Waals surface area contributed by atoms with Crippen molar-refractivity contribution in [3.05, 3.63) is 11.6 Å². The Morgan fingerprint density at radius 3 is 2.65 bits per heavy atom. The minimum absolute atomic E-state index is 0.00286. The summed E-state index contributed by atoms with van der Waals surface area (Å²) in [7, 11) is 0. The number of aliphatic hydroxyl groups excluding tert-OH is 1. The molecule has 0 radical (unpaired) electrons. The van der Waals surface area contributed by atoms with Crippen LogP contribution in [0.4, 0.5) is 0 Å². The standard InChI is InChI=1S/C20H30O3/c1-19-9-7-13(21)11-12(19)3-4-14-15-5-6-17(18(22)23)20(15,2)10-8-16(14)19/h3,13-17,21H,4-11H2,1-2H3,(H,22,23)/t13-,14?,15?,16?,17+,19-,20-/m0/s1. The molecule has 3 fully saturated rings. The van der Waals surface area contributed by atoms with Crippen molar-refractivity contribution in [1.29, 1.82) is 0 Å². The second kappa shape index (κ2) is 5.08. The van der Waals surface area contributed by atoms with Gasteiger partial charge in [0.05, 0.1) is 12.0 Å². The van der Waals surface area contributed by atoms with Gasteiger partial charge in [-0.1, -0.05) is 25.5 Å². The van der Waals surface area contributed by atoms with Gasteiger partial charge in [0.25, 0.3) is 0 Å². The molecular weight excluding hydrogens is 288 g/mol. The Hall–Kier alpha value is -0.830. The van der Waals surface area contributed by atoms with Gasteiger partial charge in [-0.25, -0.2) is 0 Å². The van der Waals surface area contributed by atoms with Gasteiger partial charge in [0, 0.05) is 0 Å². The molecule has 2 N–H and O–H groups in total. The lowest BCUT2D eigenvalue weighted by Crippen LogP contribution is -2.51. The van der Waals surface area contributed by atoms with Gasteiger partial charge in [-0.15, -0.1) is 0 Å². The predicted octanol–water partition coefficient (Wildman–Crippen LogP) is 4.01. The van der Waals surface area contributed by atoms with E-state index in [4.69, 9.17) is 0 Å². The molecule has 0 aromatic rings. The van der Waals surface area contributed by atoms with Crippen LogP contribution < -0.4 is 0 Å². The molecule has 3 heteroatoms. The molecule has 3 saturated carbocycles. The van der Waals surface area contributed by atoms with Gasteiger partial charge in [-0.2, -0.15) is 0 Å². The zero-order valence-electron chi connectivity index (χ0n) is 14.4. The zero-order valence-corrected chi connectivity index (χ0v) is 14.4. The molecule has 0 bridgehead atoms. The molecule has 0 aromatic heterocycles. The number of hydrogen-bond acceptors (Lipinski definition) is 2. The van der Waals surface area contributed by atoms with Crippen LogP contribution >= 0.6 is 0 Å². The first kappa shape index (κ1) is 15.7. The predicted molar refractivity (Wildman–Crippen MR) is 88.8 cm³/mol. The van der Waals surface area contributed by atoms with Crippen LogP contribution in [0.1, 0.15) is 65.2 Å². The molecule has 4 rings (SSSR count). The van der Waals surface area contributed by atoms with E-state index in [9.17, 15) is 15.0 Å². The van der Waals surface area contributed by atoms with Crippen LogP contribution in [0.5, 0.6) is 0 Å². The number of hydrogen-bond donors (Lipinski definition) is 2. The van der Waals surface area contributed by atoms with Crippen LogP contribution in [0.3, 0.4) is 0 Å². The lowest BCUT2D eigenvalue weighted by Gasteiger charge is -2.57. The summed E-state index contributed by atoms with van der Waals surface area (Å²) in [6.07, 6.45) is 10.5. The molecule has 0 heterocycles. The average molecular weight is 318 g/mol. The first-order chi connectivity index (χ1) is 10.9. The van der Waals surface area contributed by atoms with Gasteiger partial charge >= 0.3 is 5.97 Å². The molecule has 23 heavy (non-hydrogen) atoms. The van der Waals surface area contributed by atoms with Crippen molar-refractivity contribution < 1.29 is 15.0 Å². The number of carboxylic acids is 1. The summed E-state index contributed by atoms with van der Waals surface area (Å²) >= 11 is 0. The molecule has 0 saturated heterocycles. The van der Waals surface area contributed by atoms with Crippen molar-refractivity contribution in [2.24, 2.45) is 34.5 Å². The number of aliphatic carboxylic acids is 1. The smallest absolute Gasteiger partial charge is 0.307 e. The number of aliphatic hydroxyl groups is 1. The van der Waals surface area contributed by atoms with E-state index < -0.39 is 5.97 Å². The topological polar surface area (TPSA) is 57.5 Å². The van der Waals surface area contributed by atoms with Crippen molar-refractivity contribution in [2.75, 3.05) is 0 Å². The number of carboxylic acid groups (broad SMARTS) is 1. The van der Waals surface area contributed by atoms with E-state index in [1.165, 1.54) is 12.0 Å². The molecular formula is C20H30O3. The Bertz CT molecular complexity index is 553.